The Morgan fingerprint density at radius 2 is 2.11 bits per heavy atom. The summed E-state index contributed by atoms with van der Waals surface area (Å²) in [6.45, 7) is 1.86. The van der Waals surface area contributed by atoms with Crippen molar-refractivity contribution in [2.75, 3.05) is 0 Å². The van der Waals surface area contributed by atoms with Crippen LogP contribution in [0.15, 0.2) is 0 Å². The van der Waals surface area contributed by atoms with E-state index >= 15 is 0 Å². The Morgan fingerprint density at radius 3 is 2.84 bits per heavy atom. The van der Waals surface area contributed by atoms with Gasteiger partial charge >= 0.3 is 6.03 Å². The molecule has 0 bridgehead atoms. The van der Waals surface area contributed by atoms with Crippen LogP contribution in [0.4, 0.5) is 4.79 Å². The molecular formula is C15H20N2O2. The van der Waals surface area contributed by atoms with Gasteiger partial charge in [0.1, 0.15) is 6.04 Å². The van der Waals surface area contributed by atoms with Gasteiger partial charge in [0.25, 0.3) is 5.91 Å². The summed E-state index contributed by atoms with van der Waals surface area (Å²) in [7, 11) is 0. The van der Waals surface area contributed by atoms with Gasteiger partial charge in [-0.05, 0) is 32.1 Å². The van der Waals surface area contributed by atoms with E-state index in [0.29, 0.717) is 18.4 Å². The van der Waals surface area contributed by atoms with Gasteiger partial charge in [0, 0.05) is 18.5 Å². The average Bonchev–Trinajstić information content (AvgIpc) is 2.87. The van der Waals surface area contributed by atoms with Crippen molar-refractivity contribution in [2.45, 2.75) is 63.6 Å². The highest BCUT2D eigenvalue weighted by Gasteiger charge is 2.56. The molecule has 0 aromatic rings. The van der Waals surface area contributed by atoms with Crippen molar-refractivity contribution in [1.82, 2.24) is 9.80 Å². The highest BCUT2D eigenvalue weighted by molar-refractivity contribution is 6.05. The van der Waals surface area contributed by atoms with Crippen molar-refractivity contribution in [3.8, 4) is 12.3 Å². The molecule has 2 aliphatic heterocycles. The van der Waals surface area contributed by atoms with E-state index in [9.17, 15) is 9.59 Å². The standard InChI is InChI=1S/C15H20N2O2/c1-3-6-10(2)16-14(18)13-9-11-7-4-5-8-12(11)17(13)15(16)19/h1,10-13H,4-9H2,2H3. The second kappa shape index (κ2) is 4.56. The van der Waals surface area contributed by atoms with Gasteiger partial charge in [0.2, 0.25) is 0 Å². The Hall–Kier alpha value is -1.50. The summed E-state index contributed by atoms with van der Waals surface area (Å²) in [4.78, 5) is 28.2. The van der Waals surface area contributed by atoms with Crippen LogP contribution in [0.5, 0.6) is 0 Å². The first-order valence-corrected chi connectivity index (χ1v) is 7.24. The van der Waals surface area contributed by atoms with Crippen molar-refractivity contribution in [3.63, 3.8) is 0 Å². The number of carbonyl (C=O) groups excluding carboxylic acids is 2. The van der Waals surface area contributed by atoms with Crippen LogP contribution >= 0.6 is 0 Å². The number of rotatable bonds is 2. The van der Waals surface area contributed by atoms with Crippen LogP contribution in [-0.4, -0.2) is 39.9 Å². The molecular weight excluding hydrogens is 240 g/mol. The smallest absolute Gasteiger partial charge is 0.309 e. The highest BCUT2D eigenvalue weighted by atomic mass is 16.2. The normalized spacial score (nSPS) is 35.1. The summed E-state index contributed by atoms with van der Waals surface area (Å²) in [5.74, 6) is 3.06. The molecule has 4 nitrogen and oxygen atoms in total. The van der Waals surface area contributed by atoms with Gasteiger partial charge in [-0.25, -0.2) is 4.79 Å². The second-order valence-corrected chi connectivity index (χ2v) is 6.02. The lowest BCUT2D eigenvalue weighted by molar-refractivity contribution is -0.129. The van der Waals surface area contributed by atoms with Crippen molar-refractivity contribution in [3.05, 3.63) is 0 Å². The van der Waals surface area contributed by atoms with E-state index in [4.69, 9.17) is 6.42 Å². The molecule has 1 aliphatic carbocycles. The molecule has 0 N–H and O–H groups in total. The van der Waals surface area contributed by atoms with E-state index in [-0.39, 0.29) is 24.0 Å². The average molecular weight is 260 g/mol. The van der Waals surface area contributed by atoms with Crippen molar-refractivity contribution in [1.29, 1.82) is 0 Å². The molecule has 1 saturated carbocycles. The number of imide groups is 1. The lowest BCUT2D eigenvalue weighted by Crippen LogP contribution is -2.44. The van der Waals surface area contributed by atoms with E-state index in [0.717, 1.165) is 19.3 Å². The van der Waals surface area contributed by atoms with Crippen molar-refractivity contribution in [2.24, 2.45) is 5.92 Å². The minimum Gasteiger partial charge on any atom is -0.309 e. The quantitative estimate of drug-likeness (QED) is 0.563. The molecule has 3 fully saturated rings. The number of hydrogen-bond acceptors (Lipinski definition) is 2. The Bertz CT molecular complexity index is 454. The van der Waals surface area contributed by atoms with Crippen LogP contribution in [0.2, 0.25) is 0 Å². The van der Waals surface area contributed by atoms with E-state index in [1.807, 2.05) is 11.8 Å². The molecule has 0 radical (unpaired) electrons. The monoisotopic (exact) mass is 260 g/mol. The van der Waals surface area contributed by atoms with Gasteiger partial charge < -0.3 is 4.90 Å². The number of fused-ring (bicyclic) bond motifs is 3. The molecule has 0 aromatic heterocycles. The largest absolute Gasteiger partial charge is 0.327 e. The van der Waals surface area contributed by atoms with E-state index < -0.39 is 0 Å². The maximum absolute atomic E-state index is 12.5. The Kier molecular flexibility index (Phi) is 3.00. The van der Waals surface area contributed by atoms with Gasteiger partial charge in [-0.2, -0.15) is 0 Å². The molecule has 4 atom stereocenters. The zero-order valence-corrected chi connectivity index (χ0v) is 11.3. The molecule has 3 rings (SSSR count). The zero-order valence-electron chi connectivity index (χ0n) is 11.3. The molecule has 0 spiro atoms. The Labute approximate surface area is 114 Å². The maximum atomic E-state index is 12.5. The van der Waals surface area contributed by atoms with Gasteiger partial charge in [0.05, 0.1) is 0 Å². The lowest BCUT2D eigenvalue weighted by Gasteiger charge is -2.31. The topological polar surface area (TPSA) is 40.6 Å². The highest BCUT2D eigenvalue weighted by Crippen LogP contribution is 2.43. The number of carbonyl (C=O) groups is 2. The van der Waals surface area contributed by atoms with Crippen molar-refractivity contribution >= 4 is 11.9 Å². The first kappa shape index (κ1) is 12.5. The van der Waals surface area contributed by atoms with E-state index in [2.05, 4.69) is 5.92 Å². The van der Waals surface area contributed by atoms with Gasteiger partial charge in [-0.3, -0.25) is 9.69 Å². The number of amides is 3. The van der Waals surface area contributed by atoms with Gasteiger partial charge in [0.15, 0.2) is 0 Å². The summed E-state index contributed by atoms with van der Waals surface area (Å²) in [5.41, 5.74) is 0. The Balaban J connectivity index is 1.84. The molecule has 0 aromatic carbocycles. The van der Waals surface area contributed by atoms with Crippen LogP contribution < -0.4 is 0 Å². The number of nitrogens with zero attached hydrogens (tertiary/aromatic N) is 2. The summed E-state index contributed by atoms with van der Waals surface area (Å²) < 4.78 is 0. The van der Waals surface area contributed by atoms with Crippen LogP contribution in [0.3, 0.4) is 0 Å². The molecule has 3 aliphatic rings. The Morgan fingerprint density at radius 1 is 1.37 bits per heavy atom. The molecule has 4 unspecified atom stereocenters. The first-order chi connectivity index (χ1) is 9.15. The minimum atomic E-state index is -0.208. The number of hydrogen-bond donors (Lipinski definition) is 0. The maximum Gasteiger partial charge on any atom is 0.327 e. The number of urea groups is 1. The fourth-order valence-corrected chi connectivity index (χ4v) is 4.00. The third kappa shape index (κ3) is 1.75. The third-order valence-electron chi connectivity index (χ3n) is 4.89. The van der Waals surface area contributed by atoms with Crippen LogP contribution in [0, 0.1) is 18.3 Å². The van der Waals surface area contributed by atoms with Crippen LogP contribution in [0.25, 0.3) is 0 Å². The first-order valence-electron chi connectivity index (χ1n) is 7.24. The van der Waals surface area contributed by atoms with Crippen LogP contribution in [-0.2, 0) is 4.79 Å². The zero-order chi connectivity index (χ0) is 13.6. The molecule has 19 heavy (non-hydrogen) atoms. The lowest BCUT2D eigenvalue weighted by atomic mass is 9.84. The molecule has 2 heterocycles. The summed E-state index contributed by atoms with van der Waals surface area (Å²) in [6, 6.07) is -0.205. The van der Waals surface area contributed by atoms with Gasteiger partial charge in [-0.15, -0.1) is 12.3 Å². The molecule has 102 valence electrons. The molecule has 2 saturated heterocycles. The number of terminal acetylenes is 1. The SMILES string of the molecule is C#CCC(C)N1C(=O)C2CC3CCCCC3N2C1=O. The summed E-state index contributed by atoms with van der Waals surface area (Å²) >= 11 is 0. The summed E-state index contributed by atoms with van der Waals surface area (Å²) in [6.07, 6.45) is 11.2. The van der Waals surface area contributed by atoms with Gasteiger partial charge in [-0.1, -0.05) is 12.8 Å². The van der Waals surface area contributed by atoms with Crippen molar-refractivity contribution < 1.29 is 9.59 Å². The third-order valence-corrected chi connectivity index (χ3v) is 4.89. The fourth-order valence-electron chi connectivity index (χ4n) is 4.00. The fraction of sp³-hybridized carbons (Fsp3) is 0.733. The van der Waals surface area contributed by atoms with Crippen LogP contribution in [0.1, 0.15) is 45.4 Å². The van der Waals surface area contributed by atoms with E-state index in [1.165, 1.54) is 17.7 Å². The predicted molar refractivity (Wildman–Crippen MR) is 71.1 cm³/mol. The molecule has 4 heteroatoms. The predicted octanol–water partition coefficient (Wildman–Crippen LogP) is 1.99. The second-order valence-electron chi connectivity index (χ2n) is 6.02. The summed E-state index contributed by atoms with van der Waals surface area (Å²) in [5, 5.41) is 0. The molecule has 3 amide bonds. The minimum absolute atomic E-state index is 0.0258. The van der Waals surface area contributed by atoms with E-state index in [1.54, 1.807) is 0 Å².